The van der Waals surface area contributed by atoms with E-state index < -0.39 is 0 Å². The number of pyridine rings is 1. The molecule has 5 nitrogen and oxygen atoms in total. The molecule has 0 fully saturated rings. The maximum absolute atomic E-state index is 12.7. The van der Waals surface area contributed by atoms with Gasteiger partial charge >= 0.3 is 0 Å². The molecule has 2 aromatic heterocycles. The number of fused-ring (bicyclic) bond motifs is 2. The van der Waals surface area contributed by atoms with Crippen molar-refractivity contribution in [3.05, 3.63) is 59.0 Å². The number of para-hydroxylation sites is 1. The van der Waals surface area contributed by atoms with Gasteiger partial charge in [0.25, 0.3) is 5.91 Å². The maximum Gasteiger partial charge on any atom is 0.272 e. The molecule has 0 saturated carbocycles. The monoisotopic (exact) mass is 319 g/mol. The van der Waals surface area contributed by atoms with Crippen LogP contribution in [0.15, 0.2) is 36.5 Å². The zero-order valence-electron chi connectivity index (χ0n) is 13.3. The Bertz CT molecular complexity index is 967. The minimum Gasteiger partial charge on any atom is -0.354 e. The van der Waals surface area contributed by atoms with Crippen LogP contribution < -0.4 is 5.32 Å². The van der Waals surface area contributed by atoms with Crippen molar-refractivity contribution in [1.82, 2.24) is 9.97 Å². The minimum absolute atomic E-state index is 0.121. The molecule has 2 heterocycles. The molecule has 0 bridgehead atoms. The van der Waals surface area contributed by atoms with Crippen molar-refractivity contribution in [2.75, 3.05) is 5.32 Å². The van der Waals surface area contributed by atoms with E-state index in [2.05, 4.69) is 15.3 Å². The highest BCUT2D eigenvalue weighted by molar-refractivity contribution is 6.10. The summed E-state index contributed by atoms with van der Waals surface area (Å²) in [6.07, 6.45) is 3.90. The van der Waals surface area contributed by atoms with Crippen molar-refractivity contribution in [3.8, 4) is 0 Å². The van der Waals surface area contributed by atoms with Gasteiger partial charge in [0.05, 0.1) is 11.2 Å². The average molecular weight is 319 g/mol. The lowest BCUT2D eigenvalue weighted by Gasteiger charge is -2.09. The fourth-order valence-electron chi connectivity index (χ4n) is 3.39. The lowest BCUT2D eigenvalue weighted by Crippen LogP contribution is -2.14. The van der Waals surface area contributed by atoms with Gasteiger partial charge in [-0.15, -0.1) is 0 Å². The van der Waals surface area contributed by atoms with Crippen molar-refractivity contribution in [1.29, 1.82) is 0 Å². The van der Waals surface area contributed by atoms with Gasteiger partial charge in [0.1, 0.15) is 5.69 Å². The number of Topliss-reactive ketones (excluding diaryl/α,β-unsaturated/α-hetero) is 1. The molecule has 5 heteroatoms. The molecule has 0 saturated heterocycles. The number of H-pyrrole nitrogens is 1. The standard InChI is InChI=1S/C19H17N3O2/c1-11-16-13(7-3-9-15(16)23)21-17(11)19(24)22-14-8-2-5-12-6-4-10-20-18(12)14/h2,4-6,8,10,21H,3,7,9H2,1H3,(H,22,24). The molecule has 0 radical (unpaired) electrons. The summed E-state index contributed by atoms with van der Waals surface area (Å²) in [7, 11) is 0. The van der Waals surface area contributed by atoms with Gasteiger partial charge in [-0.25, -0.2) is 0 Å². The summed E-state index contributed by atoms with van der Waals surface area (Å²) < 4.78 is 0. The van der Waals surface area contributed by atoms with Crippen LogP contribution in [-0.2, 0) is 6.42 Å². The lowest BCUT2D eigenvalue weighted by molar-refractivity contribution is 0.0971. The molecule has 120 valence electrons. The number of anilines is 1. The zero-order chi connectivity index (χ0) is 16.7. The highest BCUT2D eigenvalue weighted by Crippen LogP contribution is 2.27. The second-order valence-electron chi connectivity index (χ2n) is 6.09. The lowest BCUT2D eigenvalue weighted by atomic mass is 9.94. The first-order chi connectivity index (χ1) is 11.6. The summed E-state index contributed by atoms with van der Waals surface area (Å²) in [5.74, 6) is -0.122. The van der Waals surface area contributed by atoms with E-state index in [4.69, 9.17) is 0 Å². The van der Waals surface area contributed by atoms with Crippen molar-refractivity contribution < 1.29 is 9.59 Å². The summed E-state index contributed by atoms with van der Waals surface area (Å²) >= 11 is 0. The fourth-order valence-corrected chi connectivity index (χ4v) is 3.39. The van der Waals surface area contributed by atoms with Crippen molar-refractivity contribution in [3.63, 3.8) is 0 Å². The Balaban J connectivity index is 1.71. The third-order valence-corrected chi connectivity index (χ3v) is 4.55. The van der Waals surface area contributed by atoms with Crippen LogP contribution in [0.1, 0.15) is 44.9 Å². The van der Waals surface area contributed by atoms with E-state index in [1.54, 1.807) is 6.20 Å². The summed E-state index contributed by atoms with van der Waals surface area (Å²) in [6.45, 7) is 1.83. The second-order valence-corrected chi connectivity index (χ2v) is 6.09. The average Bonchev–Trinajstić information content (AvgIpc) is 2.93. The van der Waals surface area contributed by atoms with Crippen LogP contribution in [0.5, 0.6) is 0 Å². The van der Waals surface area contributed by atoms with E-state index in [-0.39, 0.29) is 11.7 Å². The Labute approximate surface area is 139 Å². The number of rotatable bonds is 2. The van der Waals surface area contributed by atoms with Gasteiger partial charge < -0.3 is 10.3 Å². The highest BCUT2D eigenvalue weighted by Gasteiger charge is 2.26. The number of ketones is 1. The quantitative estimate of drug-likeness (QED) is 0.757. The van der Waals surface area contributed by atoms with Crippen LogP contribution in [0.25, 0.3) is 10.9 Å². The number of aromatic amines is 1. The zero-order valence-corrected chi connectivity index (χ0v) is 13.3. The number of carbonyl (C=O) groups excluding carboxylic acids is 2. The van der Waals surface area contributed by atoms with Crippen molar-refractivity contribution in [2.24, 2.45) is 0 Å². The fraction of sp³-hybridized carbons (Fsp3) is 0.211. The largest absolute Gasteiger partial charge is 0.354 e. The number of aryl methyl sites for hydroxylation is 1. The Morgan fingerprint density at radius 2 is 2.04 bits per heavy atom. The van der Waals surface area contributed by atoms with E-state index >= 15 is 0 Å². The summed E-state index contributed by atoms with van der Waals surface area (Å²) in [5, 5.41) is 3.89. The van der Waals surface area contributed by atoms with Crippen LogP contribution in [0.3, 0.4) is 0 Å². The Morgan fingerprint density at radius 1 is 1.21 bits per heavy atom. The third kappa shape index (κ3) is 2.29. The van der Waals surface area contributed by atoms with E-state index in [1.807, 2.05) is 37.3 Å². The van der Waals surface area contributed by atoms with Gasteiger partial charge in [-0.1, -0.05) is 18.2 Å². The van der Waals surface area contributed by atoms with Crippen LogP contribution in [0.2, 0.25) is 0 Å². The number of benzene rings is 1. The van der Waals surface area contributed by atoms with Crippen LogP contribution in [-0.4, -0.2) is 21.7 Å². The molecule has 1 amide bonds. The first kappa shape index (κ1) is 14.6. The van der Waals surface area contributed by atoms with Crippen LogP contribution in [0, 0.1) is 6.92 Å². The first-order valence-electron chi connectivity index (χ1n) is 8.05. The molecule has 3 aromatic rings. The van der Waals surface area contributed by atoms with E-state index in [9.17, 15) is 9.59 Å². The van der Waals surface area contributed by atoms with Crippen LogP contribution in [0.4, 0.5) is 5.69 Å². The normalized spacial score (nSPS) is 13.8. The minimum atomic E-state index is -0.243. The van der Waals surface area contributed by atoms with Crippen molar-refractivity contribution in [2.45, 2.75) is 26.2 Å². The molecule has 1 aromatic carbocycles. The molecule has 1 aliphatic rings. The number of hydrogen-bond donors (Lipinski definition) is 2. The van der Waals surface area contributed by atoms with E-state index in [1.165, 1.54) is 0 Å². The van der Waals surface area contributed by atoms with Gasteiger partial charge in [-0.3, -0.25) is 14.6 Å². The molecule has 2 N–H and O–H groups in total. The predicted octanol–water partition coefficient (Wildman–Crippen LogP) is 3.64. The first-order valence-corrected chi connectivity index (χ1v) is 8.05. The number of carbonyl (C=O) groups is 2. The number of aromatic nitrogens is 2. The van der Waals surface area contributed by atoms with Gasteiger partial charge in [0.15, 0.2) is 5.78 Å². The Kier molecular flexibility index (Phi) is 3.41. The summed E-state index contributed by atoms with van der Waals surface area (Å²) in [6, 6.07) is 9.49. The third-order valence-electron chi connectivity index (χ3n) is 4.55. The number of amides is 1. The number of nitrogens with zero attached hydrogens (tertiary/aromatic N) is 1. The molecule has 0 atom stereocenters. The molecular weight excluding hydrogens is 302 g/mol. The van der Waals surface area contributed by atoms with Gasteiger partial charge in [0.2, 0.25) is 0 Å². The molecule has 0 unspecified atom stereocenters. The number of nitrogens with one attached hydrogen (secondary N) is 2. The molecular formula is C19H17N3O2. The SMILES string of the molecule is Cc1c(C(=O)Nc2cccc3cccnc23)[nH]c2c1C(=O)CCC2. The van der Waals surface area contributed by atoms with Gasteiger partial charge in [-0.2, -0.15) is 0 Å². The van der Waals surface area contributed by atoms with Gasteiger partial charge in [0, 0.05) is 29.3 Å². The van der Waals surface area contributed by atoms with Gasteiger partial charge in [-0.05, 0) is 37.5 Å². The van der Waals surface area contributed by atoms with Crippen molar-refractivity contribution >= 4 is 28.3 Å². The number of hydrogen-bond acceptors (Lipinski definition) is 3. The van der Waals surface area contributed by atoms with Crippen LogP contribution >= 0.6 is 0 Å². The highest BCUT2D eigenvalue weighted by atomic mass is 16.2. The summed E-state index contributed by atoms with van der Waals surface area (Å²) in [5.41, 5.74) is 4.19. The molecule has 0 aliphatic heterocycles. The molecule has 1 aliphatic carbocycles. The smallest absolute Gasteiger partial charge is 0.272 e. The van der Waals surface area contributed by atoms with E-state index in [0.717, 1.165) is 35.0 Å². The molecule has 24 heavy (non-hydrogen) atoms. The predicted molar refractivity (Wildman–Crippen MR) is 92.5 cm³/mol. The Hall–Kier alpha value is -2.95. The molecule has 4 rings (SSSR count). The molecule has 0 spiro atoms. The topological polar surface area (TPSA) is 74.8 Å². The summed E-state index contributed by atoms with van der Waals surface area (Å²) in [4.78, 5) is 32.3. The Morgan fingerprint density at radius 3 is 2.88 bits per heavy atom. The maximum atomic E-state index is 12.7. The van der Waals surface area contributed by atoms with E-state index in [0.29, 0.717) is 23.4 Å². The second kappa shape index (κ2) is 5.60.